The number of hydrogen-bond donors (Lipinski definition) is 1. The largest absolute Gasteiger partial charge is 0.385 e. The van der Waals surface area contributed by atoms with Gasteiger partial charge >= 0.3 is 0 Å². The maximum absolute atomic E-state index is 10.3. The predicted molar refractivity (Wildman–Crippen MR) is 64.4 cm³/mol. The molecule has 0 fully saturated rings. The fourth-order valence-electron chi connectivity index (χ4n) is 1.86. The van der Waals surface area contributed by atoms with E-state index in [0.717, 1.165) is 11.1 Å². The van der Waals surface area contributed by atoms with Crippen LogP contribution in [0.5, 0.6) is 0 Å². The molecule has 0 saturated heterocycles. The van der Waals surface area contributed by atoms with Gasteiger partial charge in [-0.3, -0.25) is 4.68 Å². The molecule has 1 aromatic carbocycles. The molecule has 0 radical (unpaired) electrons. The molecule has 2 rings (SSSR count). The minimum absolute atomic E-state index is 0.375. The van der Waals surface area contributed by atoms with Gasteiger partial charge in [-0.25, -0.2) is 0 Å². The summed E-state index contributed by atoms with van der Waals surface area (Å²) in [6.07, 6.45) is 2.36. The molecule has 90 valence electrons. The van der Waals surface area contributed by atoms with Crippen molar-refractivity contribution >= 4 is 0 Å². The zero-order chi connectivity index (χ0) is 12.3. The Labute approximate surface area is 100 Å². The van der Waals surface area contributed by atoms with Crippen LogP contribution in [-0.4, -0.2) is 22.0 Å². The lowest BCUT2D eigenvalue weighted by Gasteiger charge is -2.20. The summed E-state index contributed by atoms with van der Waals surface area (Å²) in [5.41, 5.74) is 1.70. The Kier molecular flexibility index (Phi) is 3.56. The van der Waals surface area contributed by atoms with E-state index in [1.807, 2.05) is 37.4 Å². The minimum atomic E-state index is -0.712. The predicted octanol–water partition coefficient (Wildman–Crippen LogP) is 1.84. The Morgan fingerprint density at radius 3 is 2.47 bits per heavy atom. The standard InChI is InChI=1S/C13H16N2O2/c1-15-9-11(8-14-15)12(16)13(17-2)10-6-4-3-5-7-10/h3-9,12-13,16H,1-2H3. The number of aromatic nitrogens is 2. The van der Waals surface area contributed by atoms with Gasteiger partial charge in [-0.1, -0.05) is 30.3 Å². The normalized spacial score (nSPS) is 14.5. The molecular weight excluding hydrogens is 216 g/mol. The SMILES string of the molecule is COC(c1ccccc1)C(O)c1cnn(C)c1. The molecule has 2 atom stereocenters. The van der Waals surface area contributed by atoms with E-state index in [9.17, 15) is 5.11 Å². The van der Waals surface area contributed by atoms with Crippen molar-refractivity contribution in [1.82, 2.24) is 9.78 Å². The van der Waals surface area contributed by atoms with Crippen molar-refractivity contribution < 1.29 is 9.84 Å². The number of benzene rings is 1. The molecule has 1 heterocycles. The fourth-order valence-corrected chi connectivity index (χ4v) is 1.86. The van der Waals surface area contributed by atoms with Gasteiger partial charge in [0.15, 0.2) is 0 Å². The van der Waals surface area contributed by atoms with Crippen molar-refractivity contribution in [1.29, 1.82) is 0 Å². The van der Waals surface area contributed by atoms with Crippen LogP contribution in [0.25, 0.3) is 0 Å². The van der Waals surface area contributed by atoms with E-state index < -0.39 is 6.10 Å². The summed E-state index contributed by atoms with van der Waals surface area (Å²) in [7, 11) is 3.41. The van der Waals surface area contributed by atoms with Crippen molar-refractivity contribution in [3.05, 3.63) is 53.9 Å². The summed E-state index contributed by atoms with van der Waals surface area (Å²) >= 11 is 0. The highest BCUT2D eigenvalue weighted by Crippen LogP contribution is 2.30. The first-order chi connectivity index (χ1) is 8.22. The van der Waals surface area contributed by atoms with Crippen LogP contribution < -0.4 is 0 Å². The zero-order valence-electron chi connectivity index (χ0n) is 9.95. The topological polar surface area (TPSA) is 47.3 Å². The van der Waals surface area contributed by atoms with E-state index in [0.29, 0.717) is 0 Å². The van der Waals surface area contributed by atoms with Crippen LogP contribution in [0.3, 0.4) is 0 Å². The third-order valence-corrected chi connectivity index (χ3v) is 2.74. The molecular formula is C13H16N2O2. The van der Waals surface area contributed by atoms with Gasteiger partial charge in [0.25, 0.3) is 0 Å². The first-order valence-electron chi connectivity index (χ1n) is 5.46. The smallest absolute Gasteiger partial charge is 0.112 e. The number of methoxy groups -OCH3 is 1. The highest BCUT2D eigenvalue weighted by Gasteiger charge is 2.23. The summed E-state index contributed by atoms with van der Waals surface area (Å²) in [4.78, 5) is 0. The van der Waals surface area contributed by atoms with Crippen LogP contribution in [0.2, 0.25) is 0 Å². The molecule has 0 aliphatic carbocycles. The Balaban J connectivity index is 2.25. The summed E-state index contributed by atoms with van der Waals surface area (Å²) in [6.45, 7) is 0. The molecule has 0 bridgehead atoms. The Hall–Kier alpha value is -1.65. The summed E-state index contributed by atoms with van der Waals surface area (Å²) in [6, 6.07) is 9.67. The third kappa shape index (κ3) is 2.54. The average molecular weight is 232 g/mol. The van der Waals surface area contributed by atoms with Crippen LogP contribution in [-0.2, 0) is 11.8 Å². The lowest BCUT2D eigenvalue weighted by molar-refractivity contribution is -0.0149. The molecule has 0 amide bonds. The van der Waals surface area contributed by atoms with Gasteiger partial charge in [0.05, 0.1) is 6.20 Å². The summed E-state index contributed by atoms with van der Waals surface area (Å²) < 4.78 is 7.04. The molecule has 0 aliphatic rings. The Bertz CT molecular complexity index is 467. The first-order valence-corrected chi connectivity index (χ1v) is 5.46. The number of nitrogens with zero attached hydrogens (tertiary/aromatic N) is 2. The molecule has 0 spiro atoms. The van der Waals surface area contributed by atoms with Crippen LogP contribution in [0.4, 0.5) is 0 Å². The maximum Gasteiger partial charge on any atom is 0.112 e. The van der Waals surface area contributed by atoms with Crippen LogP contribution >= 0.6 is 0 Å². The molecule has 1 aromatic heterocycles. The van der Waals surface area contributed by atoms with Gasteiger partial charge in [0.1, 0.15) is 12.2 Å². The van der Waals surface area contributed by atoms with Gasteiger partial charge in [-0.15, -0.1) is 0 Å². The average Bonchev–Trinajstić information content (AvgIpc) is 2.78. The summed E-state index contributed by atoms with van der Waals surface area (Å²) in [5, 5.41) is 14.3. The molecule has 17 heavy (non-hydrogen) atoms. The van der Waals surface area contributed by atoms with Crippen molar-refractivity contribution in [2.45, 2.75) is 12.2 Å². The Morgan fingerprint density at radius 1 is 1.24 bits per heavy atom. The maximum atomic E-state index is 10.3. The van der Waals surface area contributed by atoms with Gasteiger partial charge in [0, 0.05) is 25.9 Å². The van der Waals surface area contributed by atoms with Gasteiger partial charge in [-0.2, -0.15) is 5.10 Å². The van der Waals surface area contributed by atoms with Gasteiger partial charge in [0.2, 0.25) is 0 Å². The molecule has 4 heteroatoms. The van der Waals surface area contributed by atoms with E-state index in [1.54, 1.807) is 24.2 Å². The fraction of sp³-hybridized carbons (Fsp3) is 0.308. The second-order valence-electron chi connectivity index (χ2n) is 3.96. The van der Waals surface area contributed by atoms with Crippen molar-refractivity contribution in [2.75, 3.05) is 7.11 Å². The van der Waals surface area contributed by atoms with E-state index in [2.05, 4.69) is 5.10 Å². The number of aryl methyl sites for hydroxylation is 1. The highest BCUT2D eigenvalue weighted by atomic mass is 16.5. The molecule has 0 saturated carbocycles. The molecule has 1 N–H and O–H groups in total. The number of aliphatic hydroxyl groups excluding tert-OH is 1. The zero-order valence-corrected chi connectivity index (χ0v) is 9.95. The highest BCUT2D eigenvalue weighted by molar-refractivity contribution is 5.22. The number of aliphatic hydroxyl groups is 1. The lowest BCUT2D eigenvalue weighted by atomic mass is 10.0. The van der Waals surface area contributed by atoms with E-state index in [-0.39, 0.29) is 6.10 Å². The number of rotatable bonds is 4. The first kappa shape index (κ1) is 11.8. The van der Waals surface area contributed by atoms with E-state index in [4.69, 9.17) is 4.74 Å². The molecule has 0 aliphatic heterocycles. The minimum Gasteiger partial charge on any atom is -0.385 e. The second kappa shape index (κ2) is 5.12. The monoisotopic (exact) mass is 232 g/mol. The van der Waals surface area contributed by atoms with Crippen molar-refractivity contribution in [2.24, 2.45) is 7.05 Å². The van der Waals surface area contributed by atoms with E-state index >= 15 is 0 Å². The van der Waals surface area contributed by atoms with Crippen LogP contribution in [0, 0.1) is 0 Å². The van der Waals surface area contributed by atoms with E-state index in [1.165, 1.54) is 0 Å². The van der Waals surface area contributed by atoms with Crippen LogP contribution in [0.1, 0.15) is 23.3 Å². The van der Waals surface area contributed by atoms with Crippen molar-refractivity contribution in [3.63, 3.8) is 0 Å². The van der Waals surface area contributed by atoms with Gasteiger partial charge < -0.3 is 9.84 Å². The molecule has 4 nitrogen and oxygen atoms in total. The van der Waals surface area contributed by atoms with Crippen molar-refractivity contribution in [3.8, 4) is 0 Å². The third-order valence-electron chi connectivity index (χ3n) is 2.74. The number of ether oxygens (including phenoxy) is 1. The molecule has 2 unspecified atom stereocenters. The van der Waals surface area contributed by atoms with Gasteiger partial charge in [-0.05, 0) is 5.56 Å². The quantitative estimate of drug-likeness (QED) is 0.875. The molecule has 2 aromatic rings. The second-order valence-corrected chi connectivity index (χ2v) is 3.96. The summed E-state index contributed by atoms with van der Waals surface area (Å²) in [5.74, 6) is 0. The lowest BCUT2D eigenvalue weighted by Crippen LogP contribution is -2.12. The number of hydrogen-bond acceptors (Lipinski definition) is 3. The Morgan fingerprint density at radius 2 is 1.94 bits per heavy atom. The van der Waals surface area contributed by atoms with Crippen LogP contribution in [0.15, 0.2) is 42.7 Å².